The second kappa shape index (κ2) is 6.60. The first-order chi connectivity index (χ1) is 11.4. The summed E-state index contributed by atoms with van der Waals surface area (Å²) in [7, 11) is -3.81. The van der Waals surface area contributed by atoms with E-state index >= 15 is 0 Å². The van der Waals surface area contributed by atoms with E-state index in [1.165, 1.54) is 24.5 Å². The molecule has 3 rings (SSSR count). The maximum Gasteiger partial charge on any atom is 0.245 e. The lowest BCUT2D eigenvalue weighted by molar-refractivity contribution is 0.301. The van der Waals surface area contributed by atoms with Crippen molar-refractivity contribution in [2.24, 2.45) is 5.14 Å². The van der Waals surface area contributed by atoms with E-state index < -0.39 is 10.0 Å². The number of aromatic nitrogens is 2. The number of sulfonamides is 1. The minimum absolute atomic E-state index is 0.0845. The molecule has 3 aromatic rings. The molecule has 124 valence electrons. The molecule has 2 N–H and O–H groups in total. The van der Waals surface area contributed by atoms with E-state index in [1.807, 2.05) is 6.07 Å². The molecule has 0 aliphatic rings. The van der Waals surface area contributed by atoms with Crippen LogP contribution in [0.15, 0.2) is 58.2 Å². The van der Waals surface area contributed by atoms with E-state index in [2.05, 4.69) is 9.97 Å². The normalized spacial score (nSPS) is 11.4. The summed E-state index contributed by atoms with van der Waals surface area (Å²) in [5.41, 5.74) is 1.15. The molecule has 0 spiro atoms. The van der Waals surface area contributed by atoms with E-state index in [1.54, 1.807) is 18.3 Å². The Kier molecular flexibility index (Phi) is 4.52. The monoisotopic (exact) mass is 365 g/mol. The third kappa shape index (κ3) is 3.73. The van der Waals surface area contributed by atoms with Crippen molar-refractivity contribution in [2.75, 3.05) is 0 Å². The number of hydrogen-bond acceptors (Lipinski definition) is 6. The number of benzene rings is 1. The molecule has 0 fully saturated rings. The quantitative estimate of drug-likeness (QED) is 0.744. The molecule has 0 aliphatic carbocycles. The largest absolute Gasteiger partial charge is 0.486 e. The number of rotatable bonds is 5. The van der Waals surface area contributed by atoms with E-state index in [0.717, 1.165) is 0 Å². The van der Waals surface area contributed by atoms with E-state index in [0.29, 0.717) is 23.0 Å². The summed E-state index contributed by atoms with van der Waals surface area (Å²) in [6.07, 6.45) is 3.10. The third-order valence-electron chi connectivity index (χ3n) is 3.04. The number of halogens is 1. The third-order valence-corrected chi connectivity index (χ3v) is 4.25. The average molecular weight is 366 g/mol. The molecule has 0 aliphatic heterocycles. The van der Waals surface area contributed by atoms with Gasteiger partial charge in [-0.15, -0.1) is 0 Å². The SMILES string of the molecule is NS(=O)(=O)c1ccc(OCc2coc(-c3ccccn3)n2)c(Cl)c1. The molecular weight excluding hydrogens is 354 g/mol. The number of oxazole rings is 1. The number of nitrogens with zero attached hydrogens (tertiary/aromatic N) is 2. The second-order valence-corrected chi connectivity index (χ2v) is 6.75. The van der Waals surface area contributed by atoms with Gasteiger partial charge in [0.2, 0.25) is 15.9 Å². The second-order valence-electron chi connectivity index (χ2n) is 4.78. The van der Waals surface area contributed by atoms with Crippen LogP contribution in [0.1, 0.15) is 5.69 Å². The highest BCUT2D eigenvalue weighted by molar-refractivity contribution is 7.89. The zero-order valence-corrected chi connectivity index (χ0v) is 13.8. The molecule has 0 bridgehead atoms. The van der Waals surface area contributed by atoms with Crippen LogP contribution in [-0.4, -0.2) is 18.4 Å². The lowest BCUT2D eigenvalue weighted by atomic mass is 10.3. The maximum atomic E-state index is 11.3. The smallest absolute Gasteiger partial charge is 0.245 e. The van der Waals surface area contributed by atoms with Crippen LogP contribution in [0.25, 0.3) is 11.6 Å². The van der Waals surface area contributed by atoms with Gasteiger partial charge in [0, 0.05) is 6.20 Å². The Balaban J connectivity index is 1.72. The molecule has 2 aromatic heterocycles. The van der Waals surface area contributed by atoms with Crippen molar-refractivity contribution in [2.45, 2.75) is 11.5 Å². The van der Waals surface area contributed by atoms with Gasteiger partial charge in [-0.2, -0.15) is 0 Å². The Morgan fingerprint density at radius 3 is 2.75 bits per heavy atom. The topological polar surface area (TPSA) is 108 Å². The molecule has 0 radical (unpaired) electrons. The van der Waals surface area contributed by atoms with Crippen LogP contribution in [0, 0.1) is 0 Å². The molecule has 0 atom stereocenters. The van der Waals surface area contributed by atoms with Crippen molar-refractivity contribution in [1.29, 1.82) is 0 Å². The van der Waals surface area contributed by atoms with Crippen molar-refractivity contribution in [3.63, 3.8) is 0 Å². The van der Waals surface area contributed by atoms with Crippen LogP contribution in [0.2, 0.25) is 5.02 Å². The van der Waals surface area contributed by atoms with E-state index in [4.69, 9.17) is 25.9 Å². The van der Waals surface area contributed by atoms with Gasteiger partial charge >= 0.3 is 0 Å². The van der Waals surface area contributed by atoms with Crippen LogP contribution in [0.5, 0.6) is 5.75 Å². The molecule has 0 saturated heterocycles. The molecule has 9 heteroatoms. The van der Waals surface area contributed by atoms with Gasteiger partial charge in [0.1, 0.15) is 30.0 Å². The van der Waals surface area contributed by atoms with Gasteiger partial charge in [0.05, 0.1) is 9.92 Å². The van der Waals surface area contributed by atoms with Crippen LogP contribution < -0.4 is 9.88 Å². The van der Waals surface area contributed by atoms with E-state index in [9.17, 15) is 8.42 Å². The fourth-order valence-electron chi connectivity index (χ4n) is 1.91. The van der Waals surface area contributed by atoms with Crippen molar-refractivity contribution in [3.8, 4) is 17.3 Å². The first kappa shape index (κ1) is 16.4. The minimum Gasteiger partial charge on any atom is -0.486 e. The van der Waals surface area contributed by atoms with Gasteiger partial charge in [0.25, 0.3) is 0 Å². The van der Waals surface area contributed by atoms with Gasteiger partial charge in [-0.05, 0) is 30.3 Å². The van der Waals surface area contributed by atoms with Crippen molar-refractivity contribution < 1.29 is 17.6 Å². The number of nitrogens with two attached hydrogens (primary N) is 1. The van der Waals surface area contributed by atoms with Crippen molar-refractivity contribution >= 4 is 21.6 Å². The molecule has 0 unspecified atom stereocenters. The fraction of sp³-hybridized carbons (Fsp3) is 0.0667. The number of pyridine rings is 1. The molecule has 7 nitrogen and oxygen atoms in total. The summed E-state index contributed by atoms with van der Waals surface area (Å²) in [6.45, 7) is 0.102. The van der Waals surface area contributed by atoms with Gasteiger partial charge in [-0.3, -0.25) is 4.98 Å². The molecule has 2 heterocycles. The summed E-state index contributed by atoms with van der Waals surface area (Å²) < 4.78 is 33.4. The average Bonchev–Trinajstić information content (AvgIpc) is 3.02. The molecule has 24 heavy (non-hydrogen) atoms. The predicted octanol–water partition coefficient (Wildman–Crippen LogP) is 2.62. The lowest BCUT2D eigenvalue weighted by Gasteiger charge is -2.07. The fourth-order valence-corrected chi connectivity index (χ4v) is 2.75. The molecular formula is C15H12ClN3O4S. The standard InChI is InChI=1S/C15H12ClN3O4S/c16-12-7-11(24(17,20)21)4-5-14(12)22-8-10-9-23-15(19-10)13-3-1-2-6-18-13/h1-7,9H,8H2,(H2,17,20,21). The highest BCUT2D eigenvalue weighted by atomic mass is 35.5. The van der Waals surface area contributed by atoms with Crippen LogP contribution in [0.4, 0.5) is 0 Å². The zero-order valence-electron chi connectivity index (χ0n) is 12.2. The Morgan fingerprint density at radius 1 is 1.25 bits per heavy atom. The Hall–Kier alpha value is -2.42. The van der Waals surface area contributed by atoms with Gasteiger partial charge < -0.3 is 9.15 Å². The Bertz CT molecular complexity index is 958. The minimum atomic E-state index is -3.81. The zero-order chi connectivity index (χ0) is 17.2. The summed E-state index contributed by atoms with van der Waals surface area (Å²) in [5.74, 6) is 0.691. The maximum absolute atomic E-state index is 11.3. The van der Waals surface area contributed by atoms with Crippen LogP contribution in [-0.2, 0) is 16.6 Å². The number of hydrogen-bond donors (Lipinski definition) is 1. The summed E-state index contributed by atoms with van der Waals surface area (Å²) >= 11 is 6.00. The molecule has 1 aromatic carbocycles. The van der Waals surface area contributed by atoms with Crippen molar-refractivity contribution in [1.82, 2.24) is 9.97 Å². The summed E-state index contributed by atoms with van der Waals surface area (Å²) in [5, 5.41) is 5.18. The summed E-state index contributed by atoms with van der Waals surface area (Å²) in [4.78, 5) is 8.32. The Morgan fingerprint density at radius 2 is 2.08 bits per heavy atom. The van der Waals surface area contributed by atoms with Crippen LogP contribution >= 0.6 is 11.6 Å². The predicted molar refractivity (Wildman–Crippen MR) is 86.9 cm³/mol. The van der Waals surface area contributed by atoms with Gasteiger partial charge in [0.15, 0.2) is 0 Å². The number of primary sulfonamides is 1. The van der Waals surface area contributed by atoms with Gasteiger partial charge in [-0.25, -0.2) is 18.5 Å². The first-order valence-corrected chi connectivity index (χ1v) is 8.67. The molecule has 0 amide bonds. The molecule has 0 saturated carbocycles. The lowest BCUT2D eigenvalue weighted by Crippen LogP contribution is -2.12. The number of ether oxygens (including phenoxy) is 1. The summed E-state index contributed by atoms with van der Waals surface area (Å²) in [6, 6.07) is 9.38. The van der Waals surface area contributed by atoms with Gasteiger partial charge in [-0.1, -0.05) is 17.7 Å². The Labute approximate surface area is 143 Å². The van der Waals surface area contributed by atoms with Crippen molar-refractivity contribution in [3.05, 3.63) is 59.6 Å². The first-order valence-electron chi connectivity index (χ1n) is 6.74. The highest BCUT2D eigenvalue weighted by Crippen LogP contribution is 2.27. The van der Waals surface area contributed by atoms with Crippen LogP contribution in [0.3, 0.4) is 0 Å². The highest BCUT2D eigenvalue weighted by Gasteiger charge is 2.12. The van der Waals surface area contributed by atoms with E-state index in [-0.39, 0.29) is 16.5 Å².